The summed E-state index contributed by atoms with van der Waals surface area (Å²) in [5.74, 6) is -1.50. The number of aromatic nitrogens is 3. The second-order valence-corrected chi connectivity index (χ2v) is 7.29. The molecule has 0 aliphatic carbocycles. The number of hydrogen-bond donors (Lipinski definition) is 0. The van der Waals surface area contributed by atoms with Crippen molar-refractivity contribution < 1.29 is 21.9 Å². The highest BCUT2D eigenvalue weighted by atomic mass is 32.2. The normalized spacial score (nSPS) is 14.1. The molecule has 25 heavy (non-hydrogen) atoms. The second-order valence-electron chi connectivity index (χ2n) is 5.03. The molecule has 2 heterocycles. The third kappa shape index (κ3) is 3.85. The van der Waals surface area contributed by atoms with Crippen molar-refractivity contribution >= 4 is 15.5 Å². The van der Waals surface area contributed by atoms with Gasteiger partial charge in [0, 0.05) is 22.9 Å². The first kappa shape index (κ1) is 17.1. The van der Waals surface area contributed by atoms with Crippen molar-refractivity contribution in [2.75, 3.05) is 6.26 Å². The minimum Gasteiger partial charge on any atom is -0.329 e. The van der Waals surface area contributed by atoms with Crippen LogP contribution in [0.5, 0.6) is 0 Å². The molecule has 0 N–H and O–H groups in total. The topological polar surface area (TPSA) is 81.2 Å². The summed E-state index contributed by atoms with van der Waals surface area (Å²) in [5, 5.41) is 3.27. The summed E-state index contributed by atoms with van der Waals surface area (Å²) in [5.41, 5.74) is 0.223. The van der Waals surface area contributed by atoms with Crippen LogP contribution in [0.25, 0.3) is 11.4 Å². The molecular weight excluding hydrogens is 357 g/mol. The molecule has 2 aromatic heterocycles. The molecule has 0 spiro atoms. The molecular formula is C15H11F3N4O2S. The molecule has 3 aromatic rings. The van der Waals surface area contributed by atoms with E-state index >= 15 is 0 Å². The number of halogens is 3. The maximum absolute atomic E-state index is 12.7. The van der Waals surface area contributed by atoms with Crippen LogP contribution in [0, 0.1) is 0 Å². The zero-order chi connectivity index (χ0) is 18.1. The summed E-state index contributed by atoms with van der Waals surface area (Å²) in [7, 11) is -2.69. The molecule has 130 valence electrons. The molecule has 0 aliphatic heterocycles. The van der Waals surface area contributed by atoms with E-state index in [0.29, 0.717) is 4.90 Å². The zero-order valence-corrected chi connectivity index (χ0v) is 13.6. The Kier molecular flexibility index (Phi) is 4.29. The van der Waals surface area contributed by atoms with Gasteiger partial charge < -0.3 is 4.52 Å². The van der Waals surface area contributed by atoms with Crippen molar-refractivity contribution in [3.05, 3.63) is 54.6 Å². The van der Waals surface area contributed by atoms with Crippen LogP contribution in [0.2, 0.25) is 0 Å². The molecule has 0 saturated carbocycles. The average Bonchev–Trinajstić information content (AvgIpc) is 3.06. The largest absolute Gasteiger partial charge is 0.471 e. The third-order valence-electron chi connectivity index (χ3n) is 3.12. The Morgan fingerprint density at radius 2 is 1.84 bits per heavy atom. The Labute approximate surface area is 140 Å². The first-order valence-electron chi connectivity index (χ1n) is 6.90. The molecule has 0 amide bonds. The lowest BCUT2D eigenvalue weighted by Crippen LogP contribution is -2.04. The average molecular weight is 368 g/mol. The van der Waals surface area contributed by atoms with Crippen LogP contribution in [0.3, 0.4) is 0 Å². The van der Waals surface area contributed by atoms with Gasteiger partial charge in [0.2, 0.25) is 5.82 Å². The van der Waals surface area contributed by atoms with E-state index in [0.717, 1.165) is 0 Å². The van der Waals surface area contributed by atoms with Gasteiger partial charge in [0.25, 0.3) is 0 Å². The summed E-state index contributed by atoms with van der Waals surface area (Å²) >= 11 is 0. The standard InChI is InChI=1S/C15H11F3N4O2S/c1-25(23,11-5-3-2-4-6-11)22-12-8-7-10(9-19-12)13-20-14(24-21-13)15(16,17)18/h2-9H,1H3. The smallest absolute Gasteiger partial charge is 0.329 e. The summed E-state index contributed by atoms with van der Waals surface area (Å²) in [6, 6.07) is 11.5. The Balaban J connectivity index is 1.89. The number of benzene rings is 1. The van der Waals surface area contributed by atoms with Crippen LogP contribution in [-0.4, -0.2) is 25.6 Å². The van der Waals surface area contributed by atoms with Crippen LogP contribution < -0.4 is 0 Å². The lowest BCUT2D eigenvalue weighted by Gasteiger charge is -2.03. The molecule has 6 nitrogen and oxygen atoms in total. The van der Waals surface area contributed by atoms with Crippen molar-refractivity contribution in [1.82, 2.24) is 15.1 Å². The van der Waals surface area contributed by atoms with Gasteiger partial charge in [-0.2, -0.15) is 22.5 Å². The van der Waals surface area contributed by atoms with Gasteiger partial charge in [-0.25, -0.2) is 9.19 Å². The van der Waals surface area contributed by atoms with Crippen LogP contribution >= 0.6 is 0 Å². The molecule has 1 aromatic carbocycles. The lowest BCUT2D eigenvalue weighted by atomic mass is 10.3. The molecule has 1 unspecified atom stereocenters. The van der Waals surface area contributed by atoms with Gasteiger partial charge in [-0.1, -0.05) is 23.4 Å². The maximum Gasteiger partial charge on any atom is 0.471 e. The van der Waals surface area contributed by atoms with E-state index in [9.17, 15) is 17.4 Å². The predicted octanol–water partition coefficient (Wildman–Crippen LogP) is 3.94. The Hall–Kier alpha value is -2.75. The Morgan fingerprint density at radius 3 is 2.40 bits per heavy atom. The van der Waals surface area contributed by atoms with E-state index < -0.39 is 21.8 Å². The first-order valence-corrected chi connectivity index (χ1v) is 8.82. The highest BCUT2D eigenvalue weighted by Gasteiger charge is 2.38. The van der Waals surface area contributed by atoms with Crippen molar-refractivity contribution in [2.24, 2.45) is 4.36 Å². The predicted molar refractivity (Wildman–Crippen MR) is 83.4 cm³/mol. The fourth-order valence-corrected chi connectivity index (χ4v) is 3.16. The Bertz CT molecular complexity index is 992. The zero-order valence-electron chi connectivity index (χ0n) is 12.8. The van der Waals surface area contributed by atoms with Crippen molar-refractivity contribution in [3.8, 4) is 11.4 Å². The monoisotopic (exact) mass is 368 g/mol. The van der Waals surface area contributed by atoms with E-state index in [1.807, 2.05) is 0 Å². The molecule has 3 rings (SSSR count). The summed E-state index contributed by atoms with van der Waals surface area (Å²) < 4.78 is 58.3. The number of pyridine rings is 1. The number of rotatable bonds is 3. The molecule has 0 bridgehead atoms. The highest BCUT2D eigenvalue weighted by molar-refractivity contribution is 7.93. The van der Waals surface area contributed by atoms with E-state index in [1.54, 1.807) is 30.3 Å². The van der Waals surface area contributed by atoms with E-state index in [2.05, 4.69) is 24.0 Å². The van der Waals surface area contributed by atoms with E-state index in [1.165, 1.54) is 24.6 Å². The van der Waals surface area contributed by atoms with Crippen LogP contribution in [0.15, 0.2) is 62.4 Å². The van der Waals surface area contributed by atoms with Crippen LogP contribution in [0.1, 0.15) is 5.89 Å². The van der Waals surface area contributed by atoms with Gasteiger partial charge in [0.05, 0.1) is 9.73 Å². The fourth-order valence-electron chi connectivity index (χ4n) is 1.93. The molecule has 0 fully saturated rings. The fraction of sp³-hybridized carbons (Fsp3) is 0.133. The Morgan fingerprint density at radius 1 is 1.12 bits per heavy atom. The van der Waals surface area contributed by atoms with Gasteiger partial charge in [-0.3, -0.25) is 0 Å². The third-order valence-corrected chi connectivity index (χ3v) is 4.81. The first-order chi connectivity index (χ1) is 11.8. The van der Waals surface area contributed by atoms with E-state index in [-0.39, 0.29) is 17.2 Å². The summed E-state index contributed by atoms with van der Waals surface area (Å²) in [6.07, 6.45) is -1.99. The van der Waals surface area contributed by atoms with Crippen molar-refractivity contribution in [3.63, 3.8) is 0 Å². The summed E-state index contributed by atoms with van der Waals surface area (Å²) in [6.45, 7) is 0. The highest BCUT2D eigenvalue weighted by Crippen LogP contribution is 2.29. The van der Waals surface area contributed by atoms with Crippen LogP contribution in [-0.2, 0) is 15.9 Å². The molecule has 0 radical (unpaired) electrons. The number of alkyl halides is 3. The molecule has 10 heteroatoms. The summed E-state index contributed by atoms with van der Waals surface area (Å²) in [4.78, 5) is 7.81. The minimum absolute atomic E-state index is 0.180. The molecule has 0 aliphatic rings. The number of nitrogens with zero attached hydrogens (tertiary/aromatic N) is 4. The minimum atomic E-state index is -4.71. The second kappa shape index (κ2) is 6.28. The quantitative estimate of drug-likeness (QED) is 0.699. The van der Waals surface area contributed by atoms with E-state index in [4.69, 9.17) is 0 Å². The SMILES string of the molecule is CS(=O)(=Nc1ccc(-c2noc(C(F)(F)F)n2)cn1)c1ccccc1. The van der Waals surface area contributed by atoms with Gasteiger partial charge in [0.15, 0.2) is 5.82 Å². The van der Waals surface area contributed by atoms with Crippen LogP contribution in [0.4, 0.5) is 19.0 Å². The maximum atomic E-state index is 12.7. The van der Waals surface area contributed by atoms with Crippen molar-refractivity contribution in [2.45, 2.75) is 11.1 Å². The lowest BCUT2D eigenvalue weighted by molar-refractivity contribution is -0.159. The van der Waals surface area contributed by atoms with Gasteiger partial charge in [0.1, 0.15) is 0 Å². The van der Waals surface area contributed by atoms with Gasteiger partial charge in [-0.15, -0.1) is 0 Å². The molecule has 0 saturated heterocycles. The van der Waals surface area contributed by atoms with Gasteiger partial charge >= 0.3 is 12.1 Å². The van der Waals surface area contributed by atoms with Crippen molar-refractivity contribution in [1.29, 1.82) is 0 Å². The number of hydrogen-bond acceptors (Lipinski definition) is 6. The molecule has 1 atom stereocenters. The van der Waals surface area contributed by atoms with Gasteiger partial charge in [-0.05, 0) is 24.3 Å².